The molecule has 0 radical (unpaired) electrons. The van der Waals surface area contributed by atoms with Gasteiger partial charge in [-0.1, -0.05) is 34.1 Å². The van der Waals surface area contributed by atoms with Crippen LogP contribution in [0.5, 0.6) is 0 Å². The molecule has 3 heteroatoms. The van der Waals surface area contributed by atoms with E-state index in [1.54, 1.807) is 0 Å². The SMILES string of the molecule is CCN1C(C(C)(C)C)C2N=NCC23CCCC13. The van der Waals surface area contributed by atoms with Crippen LogP contribution in [0.25, 0.3) is 0 Å². The van der Waals surface area contributed by atoms with Crippen molar-refractivity contribution in [2.45, 2.75) is 65.1 Å². The van der Waals surface area contributed by atoms with E-state index < -0.39 is 0 Å². The summed E-state index contributed by atoms with van der Waals surface area (Å²) in [5.74, 6) is 0. The van der Waals surface area contributed by atoms with E-state index in [1.165, 1.54) is 25.8 Å². The molecule has 0 bridgehead atoms. The summed E-state index contributed by atoms with van der Waals surface area (Å²) in [4.78, 5) is 2.75. The van der Waals surface area contributed by atoms with Crippen LogP contribution < -0.4 is 0 Å². The second kappa shape index (κ2) is 3.53. The first-order valence-corrected chi connectivity index (χ1v) is 7.13. The molecule has 0 aromatic carbocycles. The molecule has 2 aliphatic heterocycles. The molecule has 1 aliphatic carbocycles. The molecule has 0 N–H and O–H groups in total. The van der Waals surface area contributed by atoms with Gasteiger partial charge in [-0.25, -0.2) is 0 Å². The van der Waals surface area contributed by atoms with Gasteiger partial charge in [0.05, 0.1) is 12.6 Å². The van der Waals surface area contributed by atoms with Crippen LogP contribution in [0.1, 0.15) is 47.0 Å². The van der Waals surface area contributed by atoms with E-state index in [0.717, 1.165) is 12.6 Å². The Balaban J connectivity index is 2.03. The number of hydrogen-bond acceptors (Lipinski definition) is 3. The molecule has 3 nitrogen and oxygen atoms in total. The smallest absolute Gasteiger partial charge is 0.0957 e. The van der Waals surface area contributed by atoms with E-state index in [-0.39, 0.29) is 0 Å². The molecule has 0 amide bonds. The Bertz CT molecular complexity index is 344. The van der Waals surface area contributed by atoms with Crippen LogP contribution in [-0.4, -0.2) is 36.1 Å². The summed E-state index contributed by atoms with van der Waals surface area (Å²) in [6.45, 7) is 11.6. The number of likely N-dealkylation sites (N-methyl/N-ethyl adjacent to an activating group) is 1. The molecule has 96 valence electrons. The minimum atomic E-state index is 0.307. The van der Waals surface area contributed by atoms with E-state index in [9.17, 15) is 0 Å². The molecule has 3 rings (SSSR count). The highest BCUT2D eigenvalue weighted by atomic mass is 15.3. The van der Waals surface area contributed by atoms with Crippen LogP contribution in [0.3, 0.4) is 0 Å². The molecular weight excluding hydrogens is 210 g/mol. The number of hydrogen-bond donors (Lipinski definition) is 0. The minimum absolute atomic E-state index is 0.307. The van der Waals surface area contributed by atoms with Gasteiger partial charge in [0.15, 0.2) is 0 Å². The molecule has 1 saturated heterocycles. The van der Waals surface area contributed by atoms with Crippen molar-refractivity contribution in [1.82, 2.24) is 4.90 Å². The average molecular weight is 235 g/mol. The fourth-order valence-electron chi connectivity index (χ4n) is 4.71. The Labute approximate surface area is 105 Å². The minimum Gasteiger partial charge on any atom is -0.294 e. The highest BCUT2D eigenvalue weighted by Gasteiger charge is 2.64. The van der Waals surface area contributed by atoms with E-state index in [1.807, 2.05) is 0 Å². The van der Waals surface area contributed by atoms with Crippen molar-refractivity contribution in [3.05, 3.63) is 0 Å². The Morgan fingerprint density at radius 3 is 2.76 bits per heavy atom. The summed E-state index contributed by atoms with van der Waals surface area (Å²) in [5, 5.41) is 9.09. The van der Waals surface area contributed by atoms with Gasteiger partial charge in [-0.2, -0.15) is 10.2 Å². The topological polar surface area (TPSA) is 28.0 Å². The van der Waals surface area contributed by atoms with Crippen molar-refractivity contribution in [1.29, 1.82) is 0 Å². The highest BCUT2D eigenvalue weighted by Crippen LogP contribution is 2.57. The van der Waals surface area contributed by atoms with Gasteiger partial charge < -0.3 is 0 Å². The molecule has 0 aromatic rings. The van der Waals surface area contributed by atoms with Gasteiger partial charge in [-0.3, -0.25) is 4.90 Å². The van der Waals surface area contributed by atoms with Gasteiger partial charge in [0, 0.05) is 17.5 Å². The zero-order valence-corrected chi connectivity index (χ0v) is 11.6. The lowest BCUT2D eigenvalue weighted by Gasteiger charge is -2.38. The standard InChI is InChI=1S/C14H25N3/c1-5-17-10-7-6-8-14(10)9-15-16-11(14)12(17)13(2,3)4/h10-12H,5-9H2,1-4H3. The molecule has 4 unspecified atom stereocenters. The molecule has 17 heavy (non-hydrogen) atoms. The van der Waals surface area contributed by atoms with Gasteiger partial charge in [-0.05, 0) is 24.8 Å². The van der Waals surface area contributed by atoms with Crippen LogP contribution in [0.2, 0.25) is 0 Å². The van der Waals surface area contributed by atoms with Gasteiger partial charge in [0.25, 0.3) is 0 Å². The van der Waals surface area contributed by atoms with Gasteiger partial charge in [0.1, 0.15) is 0 Å². The van der Waals surface area contributed by atoms with Crippen LogP contribution in [-0.2, 0) is 0 Å². The second-order valence-electron chi connectivity index (χ2n) is 7.14. The first kappa shape index (κ1) is 11.6. The molecule has 1 saturated carbocycles. The molecule has 2 fully saturated rings. The predicted molar refractivity (Wildman–Crippen MR) is 69.2 cm³/mol. The number of rotatable bonds is 1. The Kier molecular flexibility index (Phi) is 2.42. The van der Waals surface area contributed by atoms with Crippen molar-refractivity contribution in [2.75, 3.05) is 13.1 Å². The normalized spacial score (nSPS) is 45.3. The van der Waals surface area contributed by atoms with Crippen LogP contribution in [0.15, 0.2) is 10.2 Å². The summed E-state index contributed by atoms with van der Waals surface area (Å²) in [6.07, 6.45) is 4.08. The van der Waals surface area contributed by atoms with Crippen molar-refractivity contribution in [3.63, 3.8) is 0 Å². The van der Waals surface area contributed by atoms with Crippen molar-refractivity contribution < 1.29 is 0 Å². The lowest BCUT2D eigenvalue weighted by molar-refractivity contribution is 0.101. The Morgan fingerprint density at radius 1 is 1.35 bits per heavy atom. The fourth-order valence-corrected chi connectivity index (χ4v) is 4.71. The molecule has 1 spiro atoms. The average Bonchev–Trinajstić information content (AvgIpc) is 2.84. The summed E-state index contributed by atoms with van der Waals surface area (Å²) in [6, 6.07) is 1.80. The summed E-state index contributed by atoms with van der Waals surface area (Å²) in [7, 11) is 0. The zero-order valence-electron chi connectivity index (χ0n) is 11.6. The lowest BCUT2D eigenvalue weighted by Crippen LogP contribution is -2.46. The van der Waals surface area contributed by atoms with Gasteiger partial charge in [-0.15, -0.1) is 0 Å². The third kappa shape index (κ3) is 1.38. The zero-order chi connectivity index (χ0) is 12.3. The quantitative estimate of drug-likeness (QED) is 0.686. The van der Waals surface area contributed by atoms with E-state index in [4.69, 9.17) is 0 Å². The van der Waals surface area contributed by atoms with Crippen LogP contribution >= 0.6 is 0 Å². The van der Waals surface area contributed by atoms with E-state index >= 15 is 0 Å². The van der Waals surface area contributed by atoms with Crippen LogP contribution in [0.4, 0.5) is 0 Å². The summed E-state index contributed by atoms with van der Waals surface area (Å²) >= 11 is 0. The number of likely N-dealkylation sites (tertiary alicyclic amines) is 1. The largest absolute Gasteiger partial charge is 0.294 e. The maximum Gasteiger partial charge on any atom is 0.0957 e. The first-order valence-electron chi connectivity index (χ1n) is 7.13. The molecule has 4 atom stereocenters. The molecule has 3 aliphatic rings. The van der Waals surface area contributed by atoms with Gasteiger partial charge in [0.2, 0.25) is 0 Å². The highest BCUT2D eigenvalue weighted by molar-refractivity contribution is 5.19. The molecule has 2 heterocycles. The van der Waals surface area contributed by atoms with Crippen LogP contribution in [0, 0.1) is 10.8 Å². The third-order valence-electron chi connectivity index (χ3n) is 5.25. The second-order valence-corrected chi connectivity index (χ2v) is 7.14. The van der Waals surface area contributed by atoms with Crippen molar-refractivity contribution in [3.8, 4) is 0 Å². The van der Waals surface area contributed by atoms with E-state index in [0.29, 0.717) is 22.9 Å². The third-order valence-corrected chi connectivity index (χ3v) is 5.25. The summed E-state index contributed by atoms with van der Waals surface area (Å²) < 4.78 is 0. The maximum atomic E-state index is 4.66. The van der Waals surface area contributed by atoms with Crippen molar-refractivity contribution >= 4 is 0 Å². The predicted octanol–water partition coefficient (Wildman–Crippen LogP) is 3.11. The monoisotopic (exact) mass is 235 g/mol. The first-order chi connectivity index (χ1) is 8.00. The van der Waals surface area contributed by atoms with Gasteiger partial charge >= 0.3 is 0 Å². The number of nitrogens with zero attached hydrogens (tertiary/aromatic N) is 3. The summed E-state index contributed by atoms with van der Waals surface area (Å²) in [5.41, 5.74) is 0.718. The Morgan fingerprint density at radius 2 is 2.12 bits per heavy atom. The lowest BCUT2D eigenvalue weighted by atomic mass is 9.73. The fraction of sp³-hybridized carbons (Fsp3) is 1.00. The Hall–Kier alpha value is -0.440. The number of azo groups is 1. The van der Waals surface area contributed by atoms with Crippen molar-refractivity contribution in [2.24, 2.45) is 21.1 Å². The molecular formula is C14H25N3. The van der Waals surface area contributed by atoms with E-state index in [2.05, 4.69) is 42.8 Å². The molecule has 0 aromatic heterocycles. The maximum absolute atomic E-state index is 4.66.